The van der Waals surface area contributed by atoms with Crippen molar-refractivity contribution in [2.75, 3.05) is 18.0 Å². The van der Waals surface area contributed by atoms with Gasteiger partial charge < -0.3 is 10.2 Å². The minimum absolute atomic E-state index is 0.0993. The highest BCUT2D eigenvalue weighted by atomic mass is 15.2. The van der Waals surface area contributed by atoms with Gasteiger partial charge in [0.25, 0.3) is 0 Å². The number of rotatable bonds is 3. The average molecular weight is 260 g/mol. The number of hydrogen-bond donors (Lipinski definition) is 1. The van der Waals surface area contributed by atoms with Crippen molar-refractivity contribution in [3.8, 4) is 0 Å². The molecular weight excluding hydrogens is 236 g/mol. The summed E-state index contributed by atoms with van der Waals surface area (Å²) in [5.74, 6) is 0.987. The van der Waals surface area contributed by atoms with E-state index in [0.717, 1.165) is 37.6 Å². The predicted molar refractivity (Wildman–Crippen MR) is 79.2 cm³/mol. The monoisotopic (exact) mass is 260 g/mol. The molecule has 1 aliphatic rings. The van der Waals surface area contributed by atoms with Gasteiger partial charge >= 0.3 is 0 Å². The lowest BCUT2D eigenvalue weighted by atomic mass is 10.1. The molecule has 0 saturated carbocycles. The summed E-state index contributed by atoms with van der Waals surface area (Å²) in [5.41, 5.74) is 2.51. The van der Waals surface area contributed by atoms with Crippen molar-refractivity contribution in [2.24, 2.45) is 0 Å². The molecule has 0 fully saturated rings. The largest absolute Gasteiger partial charge is 0.351 e. The number of nitrogens with one attached hydrogen (secondary N) is 1. The van der Waals surface area contributed by atoms with Crippen LogP contribution in [0.5, 0.6) is 0 Å². The lowest BCUT2D eigenvalue weighted by Gasteiger charge is -2.27. The quantitative estimate of drug-likeness (QED) is 0.848. The molecule has 2 rings (SSSR count). The van der Waals surface area contributed by atoms with E-state index in [9.17, 15) is 0 Å². The minimum atomic E-state index is 0.0993. The van der Waals surface area contributed by atoms with Gasteiger partial charge in [-0.3, -0.25) is 4.98 Å². The predicted octanol–water partition coefficient (Wildman–Crippen LogP) is 2.52. The molecule has 1 N–H and O–H groups in total. The van der Waals surface area contributed by atoms with E-state index in [4.69, 9.17) is 4.98 Å². The molecule has 0 atom stereocenters. The molecule has 0 spiro atoms. The van der Waals surface area contributed by atoms with Crippen LogP contribution in [0.4, 0.5) is 5.82 Å². The molecule has 4 heteroatoms. The van der Waals surface area contributed by atoms with Crippen LogP contribution in [0.15, 0.2) is 24.0 Å². The summed E-state index contributed by atoms with van der Waals surface area (Å²) >= 11 is 0. The van der Waals surface area contributed by atoms with E-state index in [1.807, 2.05) is 12.4 Å². The van der Waals surface area contributed by atoms with Gasteiger partial charge in [0.1, 0.15) is 5.82 Å². The molecule has 1 aromatic rings. The third-order valence-electron chi connectivity index (χ3n) is 3.13. The molecule has 19 heavy (non-hydrogen) atoms. The molecule has 0 unspecified atom stereocenters. The van der Waals surface area contributed by atoms with E-state index < -0.39 is 0 Å². The van der Waals surface area contributed by atoms with Crippen molar-refractivity contribution in [1.82, 2.24) is 15.3 Å². The molecular formula is C15H24N4. The topological polar surface area (TPSA) is 41.1 Å². The van der Waals surface area contributed by atoms with Crippen molar-refractivity contribution >= 4 is 5.82 Å². The van der Waals surface area contributed by atoms with Gasteiger partial charge in [-0.15, -0.1) is 0 Å². The second-order valence-electron chi connectivity index (χ2n) is 6.23. The van der Waals surface area contributed by atoms with Gasteiger partial charge in [-0.2, -0.15) is 0 Å². The minimum Gasteiger partial charge on any atom is -0.351 e. The molecule has 0 bridgehead atoms. The maximum Gasteiger partial charge on any atom is 0.147 e. The number of aromatic nitrogens is 2. The SMILES string of the molecule is CC1=CCCN(c2cncc(CNC(C)(C)C)n2)C1. The molecule has 2 heterocycles. The first-order chi connectivity index (χ1) is 8.94. The summed E-state index contributed by atoms with van der Waals surface area (Å²) in [6.07, 6.45) is 7.10. The zero-order valence-corrected chi connectivity index (χ0v) is 12.4. The van der Waals surface area contributed by atoms with E-state index in [1.54, 1.807) is 0 Å². The van der Waals surface area contributed by atoms with Crippen LogP contribution in [0.25, 0.3) is 0 Å². The Morgan fingerprint density at radius 3 is 2.79 bits per heavy atom. The van der Waals surface area contributed by atoms with Crippen LogP contribution in [0.2, 0.25) is 0 Å². The first-order valence-electron chi connectivity index (χ1n) is 6.90. The lowest BCUT2D eigenvalue weighted by Crippen LogP contribution is -2.35. The summed E-state index contributed by atoms with van der Waals surface area (Å²) < 4.78 is 0. The molecule has 0 saturated heterocycles. The maximum atomic E-state index is 4.71. The number of anilines is 1. The van der Waals surface area contributed by atoms with E-state index in [1.165, 1.54) is 5.57 Å². The molecule has 1 aliphatic heterocycles. The Labute approximate surface area is 115 Å². The normalized spacial score (nSPS) is 16.4. The second-order valence-corrected chi connectivity index (χ2v) is 6.23. The Morgan fingerprint density at radius 1 is 1.32 bits per heavy atom. The van der Waals surface area contributed by atoms with Crippen molar-refractivity contribution < 1.29 is 0 Å². The molecule has 0 aliphatic carbocycles. The van der Waals surface area contributed by atoms with Crippen LogP contribution in [-0.2, 0) is 6.54 Å². The van der Waals surface area contributed by atoms with Crippen molar-refractivity contribution in [2.45, 2.75) is 46.2 Å². The summed E-state index contributed by atoms with van der Waals surface area (Å²) in [6.45, 7) is 11.4. The average Bonchev–Trinajstić information content (AvgIpc) is 2.36. The molecule has 0 radical (unpaired) electrons. The zero-order chi connectivity index (χ0) is 13.9. The van der Waals surface area contributed by atoms with Crippen molar-refractivity contribution in [1.29, 1.82) is 0 Å². The summed E-state index contributed by atoms with van der Waals surface area (Å²) in [5, 5.41) is 3.44. The molecule has 1 aromatic heterocycles. The van der Waals surface area contributed by atoms with E-state index in [0.29, 0.717) is 0 Å². The first kappa shape index (κ1) is 14.0. The Hall–Kier alpha value is -1.42. The highest BCUT2D eigenvalue weighted by Crippen LogP contribution is 2.16. The fourth-order valence-corrected chi connectivity index (χ4v) is 2.10. The van der Waals surface area contributed by atoms with Crippen LogP contribution < -0.4 is 10.2 Å². The van der Waals surface area contributed by atoms with Gasteiger partial charge in [0, 0.05) is 31.4 Å². The van der Waals surface area contributed by atoms with E-state index in [-0.39, 0.29) is 5.54 Å². The van der Waals surface area contributed by atoms with Gasteiger partial charge in [-0.25, -0.2) is 4.98 Å². The molecule has 0 aromatic carbocycles. The highest BCUT2D eigenvalue weighted by Gasteiger charge is 2.14. The van der Waals surface area contributed by atoms with Gasteiger partial charge in [0.05, 0.1) is 11.9 Å². The Balaban J connectivity index is 2.05. The molecule has 4 nitrogen and oxygen atoms in total. The van der Waals surface area contributed by atoms with Gasteiger partial charge in [0.15, 0.2) is 0 Å². The second kappa shape index (κ2) is 5.70. The van der Waals surface area contributed by atoms with Gasteiger partial charge in [-0.05, 0) is 34.1 Å². The first-order valence-corrected chi connectivity index (χ1v) is 6.90. The smallest absolute Gasteiger partial charge is 0.147 e. The number of nitrogens with zero attached hydrogens (tertiary/aromatic N) is 3. The fraction of sp³-hybridized carbons (Fsp3) is 0.600. The van der Waals surface area contributed by atoms with Crippen molar-refractivity contribution in [3.05, 3.63) is 29.7 Å². The lowest BCUT2D eigenvalue weighted by molar-refractivity contribution is 0.421. The maximum absolute atomic E-state index is 4.71. The fourth-order valence-electron chi connectivity index (χ4n) is 2.10. The Kier molecular flexibility index (Phi) is 4.20. The Morgan fingerprint density at radius 2 is 2.11 bits per heavy atom. The zero-order valence-electron chi connectivity index (χ0n) is 12.4. The molecule has 104 valence electrons. The standard InChI is InChI=1S/C15H24N4/c1-12-6-5-7-19(11-12)14-10-16-8-13(18-14)9-17-15(2,3)4/h6,8,10,17H,5,7,9,11H2,1-4H3. The van der Waals surface area contributed by atoms with Gasteiger partial charge in [0.2, 0.25) is 0 Å². The van der Waals surface area contributed by atoms with Crippen LogP contribution in [-0.4, -0.2) is 28.6 Å². The van der Waals surface area contributed by atoms with E-state index >= 15 is 0 Å². The van der Waals surface area contributed by atoms with E-state index in [2.05, 4.69) is 49.0 Å². The molecule has 0 amide bonds. The number of hydrogen-bond acceptors (Lipinski definition) is 4. The third-order valence-corrected chi connectivity index (χ3v) is 3.13. The summed E-state index contributed by atoms with van der Waals surface area (Å²) in [6, 6.07) is 0. The van der Waals surface area contributed by atoms with Crippen molar-refractivity contribution in [3.63, 3.8) is 0 Å². The summed E-state index contributed by atoms with van der Waals surface area (Å²) in [4.78, 5) is 11.3. The van der Waals surface area contributed by atoms with Crippen LogP contribution >= 0.6 is 0 Å². The Bertz CT molecular complexity index is 459. The summed E-state index contributed by atoms with van der Waals surface area (Å²) in [7, 11) is 0. The van der Waals surface area contributed by atoms with Crippen LogP contribution in [0, 0.1) is 0 Å². The van der Waals surface area contributed by atoms with Gasteiger partial charge in [-0.1, -0.05) is 11.6 Å². The highest BCUT2D eigenvalue weighted by molar-refractivity contribution is 5.40. The van der Waals surface area contributed by atoms with Crippen LogP contribution in [0.1, 0.15) is 39.8 Å². The van der Waals surface area contributed by atoms with Crippen LogP contribution in [0.3, 0.4) is 0 Å². The third kappa shape index (κ3) is 4.31.